The lowest BCUT2D eigenvalue weighted by Gasteiger charge is -2.43. The molecule has 2 bridgehead atoms. The molecule has 0 radical (unpaired) electrons. The number of amides is 1. The molecular formula is C32H32ClFN4O4S. The molecule has 3 aromatic carbocycles. The van der Waals surface area contributed by atoms with Crippen molar-refractivity contribution in [2.24, 2.45) is 0 Å². The molecule has 224 valence electrons. The maximum Gasteiger partial charge on any atom is 0.255 e. The molecule has 0 aliphatic carbocycles. The maximum atomic E-state index is 13.8. The van der Waals surface area contributed by atoms with Gasteiger partial charge in [-0.25, -0.2) is 12.8 Å². The van der Waals surface area contributed by atoms with Crippen LogP contribution in [0, 0.1) is 17.1 Å². The number of sulfonamides is 1. The van der Waals surface area contributed by atoms with Crippen LogP contribution in [0.3, 0.4) is 0 Å². The lowest BCUT2D eigenvalue weighted by molar-refractivity contribution is 0.0718. The average Bonchev–Trinajstić information content (AvgIpc) is 3.28. The highest BCUT2D eigenvalue weighted by atomic mass is 35.5. The normalized spacial score (nSPS) is 21.1. The molecule has 3 aromatic rings. The Kier molecular flexibility index (Phi) is 8.07. The van der Waals surface area contributed by atoms with Crippen LogP contribution in [0.1, 0.15) is 53.1 Å². The van der Waals surface area contributed by atoms with Crippen molar-refractivity contribution in [1.29, 1.82) is 5.26 Å². The molecule has 0 aromatic heterocycles. The first kappa shape index (κ1) is 29.4. The second kappa shape index (κ2) is 11.8. The quantitative estimate of drug-likeness (QED) is 0.364. The van der Waals surface area contributed by atoms with Gasteiger partial charge in [-0.05, 0) is 85.7 Å². The largest absolute Gasteiger partial charge is 0.495 e. The third-order valence-electron chi connectivity index (χ3n) is 8.94. The minimum absolute atomic E-state index is 0.0336. The summed E-state index contributed by atoms with van der Waals surface area (Å²) in [7, 11) is -2.19. The van der Waals surface area contributed by atoms with Crippen molar-refractivity contribution in [3.63, 3.8) is 0 Å². The standard InChI is InChI=1S/C32H32ClFN4O4S/c1-42-31-10-8-27(43(40,41)37-13-11-22(12-14-37)23-4-2-3-21(15-23)18-35)17-30(31)38-25-6-7-26(38)20-36(19-25)32(39)28-9-5-24(34)16-29(28)33/h2-5,8-10,15-17,22,25-26H,6-7,11-14,19-20H2,1H3. The van der Waals surface area contributed by atoms with E-state index in [0.717, 1.165) is 24.5 Å². The number of piperidine rings is 1. The zero-order valence-corrected chi connectivity index (χ0v) is 25.3. The Morgan fingerprint density at radius 2 is 1.72 bits per heavy atom. The van der Waals surface area contributed by atoms with Gasteiger partial charge in [0.05, 0.1) is 39.9 Å². The van der Waals surface area contributed by atoms with E-state index in [-0.39, 0.29) is 39.4 Å². The summed E-state index contributed by atoms with van der Waals surface area (Å²) < 4.78 is 48.4. The van der Waals surface area contributed by atoms with Gasteiger partial charge >= 0.3 is 0 Å². The van der Waals surface area contributed by atoms with Crippen LogP contribution < -0.4 is 9.64 Å². The topological polar surface area (TPSA) is 93.9 Å². The fourth-order valence-corrected chi connectivity index (χ4v) is 8.51. The Morgan fingerprint density at radius 3 is 2.37 bits per heavy atom. The van der Waals surface area contributed by atoms with Gasteiger partial charge in [-0.1, -0.05) is 23.7 Å². The first-order valence-electron chi connectivity index (χ1n) is 14.4. The van der Waals surface area contributed by atoms with E-state index in [1.807, 2.05) is 18.2 Å². The highest BCUT2D eigenvalue weighted by molar-refractivity contribution is 7.89. The second-order valence-electron chi connectivity index (χ2n) is 11.4. The number of hydrogen-bond donors (Lipinski definition) is 0. The number of ether oxygens (including phenoxy) is 1. The molecule has 2 unspecified atom stereocenters. The van der Waals surface area contributed by atoms with Crippen LogP contribution in [0.5, 0.6) is 5.75 Å². The van der Waals surface area contributed by atoms with Crippen LogP contribution in [0.15, 0.2) is 65.6 Å². The summed E-state index contributed by atoms with van der Waals surface area (Å²) in [6.07, 6.45) is 3.03. The van der Waals surface area contributed by atoms with Crippen molar-refractivity contribution >= 4 is 33.2 Å². The predicted octanol–water partition coefficient (Wildman–Crippen LogP) is 5.42. The average molecular weight is 623 g/mol. The van der Waals surface area contributed by atoms with Gasteiger partial charge in [0.25, 0.3) is 5.91 Å². The van der Waals surface area contributed by atoms with E-state index in [9.17, 15) is 22.9 Å². The van der Waals surface area contributed by atoms with Crippen LogP contribution >= 0.6 is 11.6 Å². The van der Waals surface area contributed by atoms with E-state index in [1.165, 1.54) is 12.1 Å². The van der Waals surface area contributed by atoms with Gasteiger partial charge in [-0.2, -0.15) is 9.57 Å². The monoisotopic (exact) mass is 622 g/mol. The second-order valence-corrected chi connectivity index (χ2v) is 13.7. The first-order chi connectivity index (χ1) is 20.7. The van der Waals surface area contributed by atoms with Crippen LogP contribution in [0.2, 0.25) is 5.02 Å². The Hall–Kier alpha value is -3.65. The lowest BCUT2D eigenvalue weighted by atomic mass is 9.89. The molecule has 43 heavy (non-hydrogen) atoms. The fourth-order valence-electron chi connectivity index (χ4n) is 6.77. The van der Waals surface area contributed by atoms with Gasteiger partial charge < -0.3 is 14.5 Å². The molecule has 3 heterocycles. The molecule has 8 nitrogen and oxygen atoms in total. The van der Waals surface area contributed by atoms with E-state index in [0.29, 0.717) is 56.0 Å². The number of anilines is 1. The SMILES string of the molecule is COc1ccc(S(=O)(=O)N2CCC(c3cccc(C#N)c3)CC2)cc1N1C2CCC1CN(C(=O)c1ccc(F)cc1Cl)C2. The smallest absolute Gasteiger partial charge is 0.255 e. The van der Waals surface area contributed by atoms with E-state index >= 15 is 0 Å². The summed E-state index contributed by atoms with van der Waals surface area (Å²) in [5, 5.41) is 9.33. The number of hydrogen-bond acceptors (Lipinski definition) is 6. The predicted molar refractivity (Wildman–Crippen MR) is 161 cm³/mol. The van der Waals surface area contributed by atoms with Crippen LogP contribution in [0.25, 0.3) is 0 Å². The van der Waals surface area contributed by atoms with Crippen molar-refractivity contribution in [3.8, 4) is 11.8 Å². The molecule has 0 N–H and O–H groups in total. The molecule has 3 aliphatic rings. The summed E-state index contributed by atoms with van der Waals surface area (Å²) in [5.41, 5.74) is 2.64. The number of piperazine rings is 1. The molecular weight excluding hydrogens is 591 g/mol. The van der Waals surface area contributed by atoms with Crippen molar-refractivity contribution < 1.29 is 22.3 Å². The molecule has 1 amide bonds. The Balaban J connectivity index is 1.20. The van der Waals surface area contributed by atoms with Gasteiger partial charge in [0.1, 0.15) is 11.6 Å². The van der Waals surface area contributed by atoms with Crippen molar-refractivity contribution in [2.75, 3.05) is 38.2 Å². The number of nitriles is 1. The molecule has 6 rings (SSSR count). The molecule has 3 fully saturated rings. The Labute approximate surface area is 256 Å². The fraction of sp³-hybridized carbons (Fsp3) is 0.375. The summed E-state index contributed by atoms with van der Waals surface area (Å²) >= 11 is 6.18. The lowest BCUT2D eigenvalue weighted by Crippen LogP contribution is -2.55. The third kappa shape index (κ3) is 5.57. The molecule has 3 saturated heterocycles. The van der Waals surface area contributed by atoms with Gasteiger partial charge in [0.15, 0.2) is 0 Å². The number of benzene rings is 3. The number of methoxy groups -OCH3 is 1. The summed E-state index contributed by atoms with van der Waals surface area (Å²) in [6, 6.07) is 18.4. The van der Waals surface area contributed by atoms with Crippen molar-refractivity contribution in [3.05, 3.63) is 88.2 Å². The van der Waals surface area contributed by atoms with Crippen molar-refractivity contribution in [1.82, 2.24) is 9.21 Å². The molecule has 2 atom stereocenters. The zero-order chi connectivity index (χ0) is 30.3. The number of nitrogens with zero attached hydrogens (tertiary/aromatic N) is 4. The van der Waals surface area contributed by atoms with Gasteiger partial charge in [-0.3, -0.25) is 4.79 Å². The summed E-state index contributed by atoms with van der Waals surface area (Å²) in [4.78, 5) is 17.5. The van der Waals surface area contributed by atoms with Gasteiger partial charge in [-0.15, -0.1) is 0 Å². The zero-order valence-electron chi connectivity index (χ0n) is 23.7. The van der Waals surface area contributed by atoms with Gasteiger partial charge in [0.2, 0.25) is 10.0 Å². The number of halogens is 2. The number of carbonyl (C=O) groups is 1. The van der Waals surface area contributed by atoms with Gasteiger partial charge in [0, 0.05) is 38.3 Å². The van der Waals surface area contributed by atoms with E-state index in [4.69, 9.17) is 16.3 Å². The third-order valence-corrected chi connectivity index (χ3v) is 11.1. The molecule has 11 heteroatoms. The van der Waals surface area contributed by atoms with Crippen molar-refractivity contribution in [2.45, 2.75) is 48.6 Å². The van der Waals surface area contributed by atoms with E-state index in [1.54, 1.807) is 40.6 Å². The minimum atomic E-state index is -3.76. The number of rotatable bonds is 6. The van der Waals surface area contributed by atoms with E-state index in [2.05, 4.69) is 11.0 Å². The highest BCUT2D eigenvalue weighted by Gasteiger charge is 2.43. The Morgan fingerprint density at radius 1 is 1.00 bits per heavy atom. The molecule has 0 saturated carbocycles. The van der Waals surface area contributed by atoms with E-state index < -0.39 is 15.8 Å². The van der Waals surface area contributed by atoms with Crippen LogP contribution in [-0.4, -0.2) is 68.9 Å². The van der Waals surface area contributed by atoms with Crippen LogP contribution in [0.4, 0.5) is 10.1 Å². The summed E-state index contributed by atoms with van der Waals surface area (Å²) in [6.45, 7) is 1.65. The van der Waals surface area contributed by atoms with Crippen LogP contribution in [-0.2, 0) is 10.0 Å². The summed E-state index contributed by atoms with van der Waals surface area (Å²) in [5.74, 6) is 0.0367. The first-order valence-corrected chi connectivity index (χ1v) is 16.2. The number of likely N-dealkylation sites (tertiary alicyclic amines) is 1. The highest BCUT2D eigenvalue weighted by Crippen LogP contribution is 2.42. The minimum Gasteiger partial charge on any atom is -0.495 e. The molecule has 3 aliphatic heterocycles. The Bertz CT molecular complexity index is 1690. The number of fused-ring (bicyclic) bond motifs is 2. The number of carbonyl (C=O) groups excluding carboxylic acids is 1. The maximum absolute atomic E-state index is 13.8. The molecule has 0 spiro atoms.